The Bertz CT molecular complexity index is 1560. The highest BCUT2D eigenvalue weighted by Gasteiger charge is 2.24. The maximum Gasteiger partial charge on any atom is 0.332 e. The van der Waals surface area contributed by atoms with Crippen molar-refractivity contribution in [1.82, 2.24) is 28.3 Å². The van der Waals surface area contributed by atoms with Gasteiger partial charge in [-0.3, -0.25) is 18.5 Å². The van der Waals surface area contributed by atoms with Gasteiger partial charge in [0, 0.05) is 19.7 Å². The molecule has 2 aromatic carbocycles. The number of fused-ring (bicyclic) bond motifs is 3. The SMILES string of the molecule is Cc1ccc(Cn2c3c(=O)n(C)c(=O)n(C)c3n3c(-c4ccc(C)cc4)nnc23)cc1. The minimum absolute atomic E-state index is 0.356. The molecule has 0 N–H and O–H groups in total. The number of benzene rings is 2. The van der Waals surface area contributed by atoms with E-state index in [-0.39, 0.29) is 5.56 Å². The third-order valence-corrected chi connectivity index (χ3v) is 5.75. The molecule has 156 valence electrons. The zero-order valence-corrected chi connectivity index (χ0v) is 17.8. The summed E-state index contributed by atoms with van der Waals surface area (Å²) >= 11 is 0. The van der Waals surface area contributed by atoms with Gasteiger partial charge in [0.15, 0.2) is 17.0 Å². The zero-order chi connectivity index (χ0) is 21.9. The molecule has 0 aliphatic heterocycles. The first-order valence-corrected chi connectivity index (χ1v) is 10.0. The van der Waals surface area contributed by atoms with Crippen LogP contribution >= 0.6 is 0 Å². The minimum atomic E-state index is -0.393. The summed E-state index contributed by atoms with van der Waals surface area (Å²) in [5, 5.41) is 8.83. The van der Waals surface area contributed by atoms with E-state index in [1.54, 1.807) is 11.4 Å². The lowest BCUT2D eigenvalue weighted by Gasteiger charge is -2.08. The van der Waals surface area contributed by atoms with Crippen LogP contribution < -0.4 is 11.2 Å². The fourth-order valence-corrected chi connectivity index (χ4v) is 3.97. The molecule has 0 radical (unpaired) electrons. The molecular weight excluding hydrogens is 392 g/mol. The van der Waals surface area contributed by atoms with Crippen molar-refractivity contribution in [3.05, 3.63) is 86.1 Å². The van der Waals surface area contributed by atoms with E-state index in [1.807, 2.05) is 66.9 Å². The number of imidazole rings is 1. The van der Waals surface area contributed by atoms with E-state index in [1.165, 1.54) is 11.6 Å². The molecule has 0 amide bonds. The number of nitrogens with zero attached hydrogens (tertiary/aromatic N) is 6. The van der Waals surface area contributed by atoms with E-state index >= 15 is 0 Å². The molecule has 0 saturated carbocycles. The molecule has 5 aromatic rings. The largest absolute Gasteiger partial charge is 0.332 e. The Balaban J connectivity index is 1.89. The first kappa shape index (κ1) is 19.0. The summed E-state index contributed by atoms with van der Waals surface area (Å²) in [6, 6.07) is 16.1. The van der Waals surface area contributed by atoms with Crippen LogP contribution in [0.3, 0.4) is 0 Å². The lowest BCUT2D eigenvalue weighted by molar-refractivity contribution is 0.700. The quantitative estimate of drug-likeness (QED) is 0.454. The fourth-order valence-electron chi connectivity index (χ4n) is 3.97. The summed E-state index contributed by atoms with van der Waals surface area (Å²) in [5.41, 5.74) is 4.34. The fraction of sp³-hybridized carbons (Fsp3) is 0.217. The van der Waals surface area contributed by atoms with Crippen molar-refractivity contribution in [2.75, 3.05) is 0 Å². The Morgan fingerprint density at radius 1 is 0.806 bits per heavy atom. The molecule has 8 nitrogen and oxygen atoms in total. The van der Waals surface area contributed by atoms with Crippen LogP contribution in [-0.4, -0.2) is 28.3 Å². The Hall–Kier alpha value is -3.94. The van der Waals surface area contributed by atoms with Crippen LogP contribution in [0.4, 0.5) is 0 Å². The van der Waals surface area contributed by atoms with Gasteiger partial charge in [-0.2, -0.15) is 0 Å². The van der Waals surface area contributed by atoms with Gasteiger partial charge >= 0.3 is 5.69 Å². The molecule has 0 atom stereocenters. The van der Waals surface area contributed by atoms with E-state index in [2.05, 4.69) is 10.2 Å². The number of aryl methyl sites for hydroxylation is 3. The summed E-state index contributed by atoms with van der Waals surface area (Å²) in [4.78, 5) is 25.9. The van der Waals surface area contributed by atoms with E-state index in [4.69, 9.17) is 0 Å². The first-order chi connectivity index (χ1) is 14.9. The van der Waals surface area contributed by atoms with Gasteiger partial charge in [0.05, 0.1) is 6.54 Å². The summed E-state index contributed by atoms with van der Waals surface area (Å²) in [6.07, 6.45) is 0. The highest BCUT2D eigenvalue weighted by molar-refractivity contribution is 5.80. The smallest absolute Gasteiger partial charge is 0.298 e. The van der Waals surface area contributed by atoms with Gasteiger partial charge in [0.1, 0.15) is 0 Å². The molecule has 5 rings (SSSR count). The molecule has 3 aromatic heterocycles. The third kappa shape index (κ3) is 2.83. The van der Waals surface area contributed by atoms with Crippen LogP contribution in [0.2, 0.25) is 0 Å². The second-order valence-electron chi connectivity index (χ2n) is 7.97. The van der Waals surface area contributed by atoms with E-state index in [0.29, 0.717) is 29.3 Å². The summed E-state index contributed by atoms with van der Waals surface area (Å²) in [6.45, 7) is 4.49. The van der Waals surface area contributed by atoms with Gasteiger partial charge < -0.3 is 0 Å². The summed E-state index contributed by atoms with van der Waals surface area (Å²) in [5.74, 6) is 1.11. The predicted octanol–water partition coefficient (Wildman–Crippen LogP) is 2.41. The van der Waals surface area contributed by atoms with Crippen LogP contribution in [-0.2, 0) is 20.6 Å². The number of rotatable bonds is 3. The molecule has 0 aliphatic rings. The van der Waals surface area contributed by atoms with Gasteiger partial charge in [0.25, 0.3) is 5.56 Å². The molecule has 3 heterocycles. The van der Waals surface area contributed by atoms with Crippen LogP contribution in [0.1, 0.15) is 16.7 Å². The molecule has 0 unspecified atom stereocenters. The molecule has 31 heavy (non-hydrogen) atoms. The highest BCUT2D eigenvalue weighted by Crippen LogP contribution is 2.25. The van der Waals surface area contributed by atoms with Crippen LogP contribution in [0.15, 0.2) is 58.1 Å². The molecule has 0 spiro atoms. The third-order valence-electron chi connectivity index (χ3n) is 5.75. The molecule has 0 aliphatic carbocycles. The van der Waals surface area contributed by atoms with Crippen molar-refractivity contribution in [3.63, 3.8) is 0 Å². The van der Waals surface area contributed by atoms with Crippen molar-refractivity contribution in [2.45, 2.75) is 20.4 Å². The summed E-state index contributed by atoms with van der Waals surface area (Å²) < 4.78 is 6.26. The van der Waals surface area contributed by atoms with Gasteiger partial charge in [0.2, 0.25) is 5.78 Å². The summed E-state index contributed by atoms with van der Waals surface area (Å²) in [7, 11) is 3.16. The van der Waals surface area contributed by atoms with Crippen molar-refractivity contribution < 1.29 is 0 Å². The average molecular weight is 414 g/mol. The second kappa shape index (κ2) is 6.80. The minimum Gasteiger partial charge on any atom is -0.298 e. The van der Waals surface area contributed by atoms with Gasteiger partial charge in [-0.05, 0) is 19.4 Å². The Morgan fingerprint density at radius 2 is 1.42 bits per heavy atom. The molecule has 0 bridgehead atoms. The standard InChI is InChI=1S/C23H22N6O2/c1-14-5-9-16(10-6-14)13-28-18-20(26(3)23(31)27(4)21(18)30)29-19(24-25-22(28)29)17-11-7-15(2)8-12-17/h5-12H,13H2,1-4H3. The topological polar surface area (TPSA) is 79.1 Å². The lowest BCUT2D eigenvalue weighted by Crippen LogP contribution is -2.37. The normalized spacial score (nSPS) is 11.6. The van der Waals surface area contributed by atoms with Gasteiger partial charge in [-0.1, -0.05) is 59.7 Å². The first-order valence-electron chi connectivity index (χ1n) is 10.0. The van der Waals surface area contributed by atoms with Crippen molar-refractivity contribution in [2.24, 2.45) is 14.1 Å². The van der Waals surface area contributed by atoms with Crippen LogP contribution in [0.5, 0.6) is 0 Å². The van der Waals surface area contributed by atoms with Crippen LogP contribution in [0.25, 0.3) is 28.3 Å². The number of aromatic nitrogens is 6. The van der Waals surface area contributed by atoms with Crippen molar-refractivity contribution >= 4 is 16.9 Å². The Labute approximate surface area is 177 Å². The molecule has 0 saturated heterocycles. The molecule has 0 fully saturated rings. The van der Waals surface area contributed by atoms with Crippen molar-refractivity contribution in [1.29, 1.82) is 0 Å². The zero-order valence-electron chi connectivity index (χ0n) is 17.8. The van der Waals surface area contributed by atoms with Crippen LogP contribution in [0, 0.1) is 13.8 Å². The second-order valence-corrected chi connectivity index (χ2v) is 7.97. The maximum absolute atomic E-state index is 13.2. The average Bonchev–Trinajstić information content (AvgIpc) is 3.32. The van der Waals surface area contributed by atoms with Gasteiger partial charge in [-0.15, -0.1) is 10.2 Å². The number of hydrogen-bond donors (Lipinski definition) is 0. The lowest BCUT2D eigenvalue weighted by atomic mass is 10.1. The van der Waals surface area contributed by atoms with E-state index in [9.17, 15) is 9.59 Å². The van der Waals surface area contributed by atoms with E-state index in [0.717, 1.165) is 26.8 Å². The highest BCUT2D eigenvalue weighted by atomic mass is 16.2. The van der Waals surface area contributed by atoms with Crippen molar-refractivity contribution in [3.8, 4) is 11.4 Å². The molecule has 8 heteroatoms. The Morgan fingerprint density at radius 3 is 2.06 bits per heavy atom. The monoisotopic (exact) mass is 414 g/mol. The predicted molar refractivity (Wildman–Crippen MR) is 119 cm³/mol. The van der Waals surface area contributed by atoms with E-state index < -0.39 is 5.69 Å². The number of hydrogen-bond acceptors (Lipinski definition) is 4. The van der Waals surface area contributed by atoms with Gasteiger partial charge in [-0.25, -0.2) is 9.20 Å². The Kier molecular flexibility index (Phi) is 4.18. The molecular formula is C23H22N6O2. The maximum atomic E-state index is 13.2.